The fraction of sp³-hybridized carbons (Fsp3) is 0.179. The van der Waals surface area contributed by atoms with Crippen molar-refractivity contribution >= 4 is 17.6 Å². The molecule has 4 aromatic rings. The SMILES string of the molecule is Cc1cc(-c2ccccc2)n(-c2ccc(C(=O)Nc3ccc(C(=O)OCC(C)C)cc3)cc2)n1. The zero-order valence-electron chi connectivity index (χ0n) is 19.5. The molecule has 0 unspecified atom stereocenters. The van der Waals surface area contributed by atoms with Crippen LogP contribution in [0.15, 0.2) is 84.9 Å². The maximum absolute atomic E-state index is 12.7. The Kier molecular flexibility index (Phi) is 6.87. The van der Waals surface area contributed by atoms with Crippen molar-refractivity contribution in [2.75, 3.05) is 11.9 Å². The molecule has 1 amide bonds. The highest BCUT2D eigenvalue weighted by molar-refractivity contribution is 6.04. The largest absolute Gasteiger partial charge is 0.462 e. The van der Waals surface area contributed by atoms with Crippen LogP contribution in [0.5, 0.6) is 0 Å². The first-order valence-corrected chi connectivity index (χ1v) is 11.2. The van der Waals surface area contributed by atoms with Crippen LogP contribution in [0.2, 0.25) is 0 Å². The molecule has 0 atom stereocenters. The molecule has 4 rings (SSSR count). The van der Waals surface area contributed by atoms with Crippen molar-refractivity contribution in [1.29, 1.82) is 0 Å². The van der Waals surface area contributed by atoms with Crippen LogP contribution >= 0.6 is 0 Å². The molecule has 0 spiro atoms. The van der Waals surface area contributed by atoms with Gasteiger partial charge < -0.3 is 10.1 Å². The van der Waals surface area contributed by atoms with Gasteiger partial charge in [-0.05, 0) is 67.4 Å². The van der Waals surface area contributed by atoms with Crippen molar-refractivity contribution in [1.82, 2.24) is 9.78 Å². The number of aromatic nitrogens is 2. The number of carbonyl (C=O) groups is 2. The smallest absolute Gasteiger partial charge is 0.338 e. The van der Waals surface area contributed by atoms with Crippen molar-refractivity contribution in [3.63, 3.8) is 0 Å². The number of hydrogen-bond donors (Lipinski definition) is 1. The number of nitrogens with one attached hydrogen (secondary N) is 1. The van der Waals surface area contributed by atoms with Crippen LogP contribution in [0, 0.1) is 12.8 Å². The average molecular weight is 454 g/mol. The Hall–Kier alpha value is -4.19. The van der Waals surface area contributed by atoms with Crippen LogP contribution in [0.1, 0.15) is 40.3 Å². The molecule has 0 bridgehead atoms. The minimum absolute atomic E-state index is 0.235. The lowest BCUT2D eigenvalue weighted by molar-refractivity contribution is 0.0459. The van der Waals surface area contributed by atoms with E-state index < -0.39 is 0 Å². The lowest BCUT2D eigenvalue weighted by Crippen LogP contribution is -2.13. The molecule has 1 aromatic heterocycles. The topological polar surface area (TPSA) is 73.2 Å². The van der Waals surface area contributed by atoms with Gasteiger partial charge in [-0.2, -0.15) is 5.10 Å². The molecule has 0 radical (unpaired) electrons. The molecule has 6 nitrogen and oxygen atoms in total. The van der Waals surface area contributed by atoms with Gasteiger partial charge in [-0.1, -0.05) is 44.2 Å². The number of benzene rings is 3. The number of amides is 1. The summed E-state index contributed by atoms with van der Waals surface area (Å²) in [6.45, 7) is 6.30. The molecular formula is C28H27N3O3. The molecule has 1 heterocycles. The standard InChI is InChI=1S/C28H27N3O3/c1-19(2)18-34-28(33)23-9-13-24(14-10-23)29-27(32)22-11-15-25(16-12-22)31-26(17-20(3)30-31)21-7-5-4-6-8-21/h4-17,19H,18H2,1-3H3,(H,29,32). The second-order valence-corrected chi connectivity index (χ2v) is 8.52. The van der Waals surface area contributed by atoms with Crippen molar-refractivity contribution in [3.8, 4) is 16.9 Å². The zero-order chi connectivity index (χ0) is 24.1. The quantitative estimate of drug-likeness (QED) is 0.353. The van der Waals surface area contributed by atoms with Crippen LogP contribution in [0.3, 0.4) is 0 Å². The first-order chi connectivity index (χ1) is 16.4. The summed E-state index contributed by atoms with van der Waals surface area (Å²) in [5.74, 6) is -0.330. The minimum atomic E-state index is -0.370. The number of hydrogen-bond acceptors (Lipinski definition) is 4. The Balaban J connectivity index is 1.45. The molecule has 34 heavy (non-hydrogen) atoms. The Labute approximate surface area is 199 Å². The van der Waals surface area contributed by atoms with E-state index in [1.165, 1.54) is 0 Å². The van der Waals surface area contributed by atoms with Gasteiger partial charge in [-0.3, -0.25) is 4.79 Å². The first-order valence-electron chi connectivity index (χ1n) is 11.2. The van der Waals surface area contributed by atoms with Gasteiger partial charge in [-0.25, -0.2) is 9.48 Å². The van der Waals surface area contributed by atoms with E-state index in [9.17, 15) is 9.59 Å². The molecule has 0 saturated heterocycles. The molecular weight excluding hydrogens is 426 g/mol. The van der Waals surface area contributed by atoms with Gasteiger partial charge in [0, 0.05) is 16.8 Å². The Morgan fingerprint density at radius 3 is 2.21 bits per heavy atom. The van der Waals surface area contributed by atoms with Crippen molar-refractivity contribution in [2.24, 2.45) is 5.92 Å². The molecule has 0 aliphatic carbocycles. The Bertz CT molecular complexity index is 1270. The van der Waals surface area contributed by atoms with Gasteiger partial charge in [0.15, 0.2) is 0 Å². The molecule has 0 aliphatic heterocycles. The lowest BCUT2D eigenvalue weighted by atomic mass is 10.1. The van der Waals surface area contributed by atoms with E-state index in [1.807, 2.05) is 74.0 Å². The lowest BCUT2D eigenvalue weighted by Gasteiger charge is -2.10. The summed E-state index contributed by atoms with van der Waals surface area (Å²) < 4.78 is 7.11. The third kappa shape index (κ3) is 5.41. The first kappa shape index (κ1) is 23.0. The van der Waals surface area contributed by atoms with E-state index in [1.54, 1.807) is 36.4 Å². The van der Waals surface area contributed by atoms with Crippen molar-refractivity contribution < 1.29 is 14.3 Å². The van der Waals surface area contributed by atoms with Crippen molar-refractivity contribution in [2.45, 2.75) is 20.8 Å². The maximum Gasteiger partial charge on any atom is 0.338 e. The summed E-state index contributed by atoms with van der Waals surface area (Å²) in [7, 11) is 0. The van der Waals surface area contributed by atoms with Crippen LogP contribution in [0.25, 0.3) is 16.9 Å². The summed E-state index contributed by atoms with van der Waals surface area (Å²) in [6.07, 6.45) is 0. The van der Waals surface area contributed by atoms with E-state index in [0.29, 0.717) is 23.4 Å². The number of esters is 1. The number of aryl methyl sites for hydroxylation is 1. The van der Waals surface area contributed by atoms with Gasteiger partial charge in [-0.15, -0.1) is 0 Å². The molecule has 172 valence electrons. The third-order valence-corrected chi connectivity index (χ3v) is 5.20. The van der Waals surface area contributed by atoms with E-state index in [2.05, 4.69) is 10.4 Å². The molecule has 3 aromatic carbocycles. The summed E-state index contributed by atoms with van der Waals surface area (Å²) >= 11 is 0. The van der Waals surface area contributed by atoms with Crippen molar-refractivity contribution in [3.05, 3.63) is 102 Å². The van der Waals surface area contributed by atoms with Gasteiger partial charge in [0.05, 0.1) is 29.2 Å². The number of carbonyl (C=O) groups excluding carboxylic acids is 2. The van der Waals surface area contributed by atoms with E-state index >= 15 is 0 Å². The average Bonchev–Trinajstić information content (AvgIpc) is 3.25. The monoisotopic (exact) mass is 453 g/mol. The molecule has 0 fully saturated rings. The van der Waals surface area contributed by atoms with E-state index in [4.69, 9.17) is 4.74 Å². The Morgan fingerprint density at radius 2 is 1.56 bits per heavy atom. The fourth-order valence-electron chi connectivity index (χ4n) is 3.48. The van der Waals surface area contributed by atoms with Crippen LogP contribution in [0.4, 0.5) is 5.69 Å². The normalized spacial score (nSPS) is 10.8. The van der Waals surface area contributed by atoms with E-state index in [0.717, 1.165) is 22.6 Å². The maximum atomic E-state index is 12.7. The fourth-order valence-corrected chi connectivity index (χ4v) is 3.48. The number of anilines is 1. The summed E-state index contributed by atoms with van der Waals surface area (Å²) in [6, 6.07) is 26.1. The minimum Gasteiger partial charge on any atom is -0.462 e. The van der Waals surface area contributed by atoms with Crippen LogP contribution in [-0.2, 0) is 4.74 Å². The summed E-state index contributed by atoms with van der Waals surface area (Å²) in [5, 5.41) is 7.48. The highest BCUT2D eigenvalue weighted by Gasteiger charge is 2.12. The predicted molar refractivity (Wildman–Crippen MR) is 133 cm³/mol. The molecule has 1 N–H and O–H groups in total. The number of rotatable bonds is 7. The third-order valence-electron chi connectivity index (χ3n) is 5.20. The van der Waals surface area contributed by atoms with Gasteiger partial charge in [0.1, 0.15) is 0 Å². The molecule has 6 heteroatoms. The van der Waals surface area contributed by atoms with E-state index in [-0.39, 0.29) is 17.8 Å². The van der Waals surface area contributed by atoms with Gasteiger partial charge in [0.2, 0.25) is 0 Å². The predicted octanol–water partition coefficient (Wildman–Crippen LogP) is 5.91. The second-order valence-electron chi connectivity index (χ2n) is 8.52. The highest BCUT2D eigenvalue weighted by Crippen LogP contribution is 2.24. The van der Waals surface area contributed by atoms with Crippen LogP contribution in [-0.4, -0.2) is 28.3 Å². The molecule has 0 saturated carbocycles. The molecule has 0 aliphatic rings. The van der Waals surface area contributed by atoms with Crippen LogP contribution < -0.4 is 5.32 Å². The summed E-state index contributed by atoms with van der Waals surface area (Å²) in [5.41, 5.74) is 5.42. The number of nitrogens with zero attached hydrogens (tertiary/aromatic N) is 2. The van der Waals surface area contributed by atoms with Gasteiger partial charge >= 0.3 is 5.97 Å². The summed E-state index contributed by atoms with van der Waals surface area (Å²) in [4.78, 5) is 24.8. The van der Waals surface area contributed by atoms with Gasteiger partial charge in [0.25, 0.3) is 5.91 Å². The second kappa shape index (κ2) is 10.2. The Morgan fingerprint density at radius 1 is 0.912 bits per heavy atom. The zero-order valence-corrected chi connectivity index (χ0v) is 19.5. The highest BCUT2D eigenvalue weighted by atomic mass is 16.5. The number of ether oxygens (including phenoxy) is 1.